The van der Waals surface area contributed by atoms with E-state index < -0.39 is 0 Å². The maximum atomic E-state index is 11.9. The number of benzene rings is 1. The van der Waals surface area contributed by atoms with Crippen LogP contribution in [0.2, 0.25) is 5.02 Å². The van der Waals surface area contributed by atoms with Gasteiger partial charge in [0.25, 0.3) is 0 Å². The van der Waals surface area contributed by atoms with Gasteiger partial charge >= 0.3 is 5.97 Å². The van der Waals surface area contributed by atoms with Gasteiger partial charge in [-0.25, -0.2) is 9.78 Å². The summed E-state index contributed by atoms with van der Waals surface area (Å²) in [5.41, 5.74) is 1.49. The van der Waals surface area contributed by atoms with Crippen molar-refractivity contribution >= 4 is 28.9 Å². The second kappa shape index (κ2) is 5.54. The molecular formula is C15H16ClNO2S. The van der Waals surface area contributed by atoms with Crippen LogP contribution >= 0.6 is 22.9 Å². The molecule has 0 saturated heterocycles. The molecule has 0 unspecified atom stereocenters. The highest BCUT2D eigenvalue weighted by atomic mass is 35.5. The molecule has 0 radical (unpaired) electrons. The van der Waals surface area contributed by atoms with Crippen LogP contribution in [-0.4, -0.2) is 18.1 Å². The van der Waals surface area contributed by atoms with E-state index in [-0.39, 0.29) is 11.4 Å². The molecule has 1 heterocycles. The summed E-state index contributed by atoms with van der Waals surface area (Å²) >= 11 is 7.24. The predicted molar refractivity (Wildman–Crippen MR) is 82.6 cm³/mol. The summed E-state index contributed by atoms with van der Waals surface area (Å²) in [4.78, 5) is 17.1. The van der Waals surface area contributed by atoms with Crippen LogP contribution in [0.3, 0.4) is 0 Å². The fraction of sp³-hybridized carbons (Fsp3) is 0.333. The molecule has 0 aliphatic rings. The molecular weight excluding hydrogens is 294 g/mol. The van der Waals surface area contributed by atoms with Crippen molar-refractivity contribution in [3.05, 3.63) is 39.9 Å². The number of rotatable bonds is 2. The fourth-order valence-corrected chi connectivity index (χ4v) is 3.10. The molecule has 106 valence electrons. The first kappa shape index (κ1) is 15.0. The molecule has 3 nitrogen and oxygen atoms in total. The van der Waals surface area contributed by atoms with E-state index in [0.717, 1.165) is 16.3 Å². The first-order chi connectivity index (χ1) is 9.32. The molecule has 0 saturated carbocycles. The number of ether oxygens (including phenoxy) is 1. The number of thiazole rings is 1. The van der Waals surface area contributed by atoms with Crippen molar-refractivity contribution in [2.45, 2.75) is 26.2 Å². The van der Waals surface area contributed by atoms with Crippen molar-refractivity contribution in [1.29, 1.82) is 0 Å². The predicted octanol–water partition coefficient (Wildman–Crippen LogP) is 4.55. The summed E-state index contributed by atoms with van der Waals surface area (Å²) in [7, 11) is 1.39. The molecule has 0 amide bonds. The number of hydrogen-bond donors (Lipinski definition) is 0. The molecule has 0 aliphatic carbocycles. The second-order valence-electron chi connectivity index (χ2n) is 5.45. The highest BCUT2D eigenvalue weighted by Crippen LogP contribution is 2.35. The topological polar surface area (TPSA) is 39.2 Å². The Morgan fingerprint density at radius 2 is 1.85 bits per heavy atom. The van der Waals surface area contributed by atoms with Crippen molar-refractivity contribution in [3.63, 3.8) is 0 Å². The van der Waals surface area contributed by atoms with Gasteiger partial charge in [0.05, 0.1) is 12.8 Å². The van der Waals surface area contributed by atoms with Crippen LogP contribution in [0.4, 0.5) is 0 Å². The number of carbonyl (C=O) groups excluding carboxylic acids is 1. The van der Waals surface area contributed by atoms with Gasteiger partial charge in [0, 0.05) is 16.0 Å². The van der Waals surface area contributed by atoms with E-state index in [1.807, 2.05) is 45.0 Å². The van der Waals surface area contributed by atoms with E-state index in [1.165, 1.54) is 18.4 Å². The Kier molecular flexibility index (Phi) is 4.16. The van der Waals surface area contributed by atoms with Gasteiger partial charge < -0.3 is 4.74 Å². The van der Waals surface area contributed by atoms with E-state index in [4.69, 9.17) is 16.3 Å². The van der Waals surface area contributed by atoms with E-state index in [0.29, 0.717) is 9.90 Å². The van der Waals surface area contributed by atoms with E-state index >= 15 is 0 Å². The second-order valence-corrected chi connectivity index (χ2v) is 6.88. The Balaban J connectivity index is 2.54. The van der Waals surface area contributed by atoms with Gasteiger partial charge in [0.2, 0.25) is 0 Å². The molecule has 5 heteroatoms. The standard InChI is InChI=1S/C15H16ClNO2S/c1-15(2,3)12-11(14(18)19-4)20-13(17-12)9-5-7-10(16)8-6-9/h5-8H,1-4H3. The molecule has 0 N–H and O–H groups in total. The molecule has 0 spiro atoms. The van der Waals surface area contributed by atoms with Crippen LogP contribution in [0.1, 0.15) is 36.1 Å². The Morgan fingerprint density at radius 3 is 2.35 bits per heavy atom. The molecule has 20 heavy (non-hydrogen) atoms. The van der Waals surface area contributed by atoms with Gasteiger partial charge in [-0.2, -0.15) is 0 Å². The number of nitrogens with zero attached hydrogens (tertiary/aromatic N) is 1. The summed E-state index contributed by atoms with van der Waals surface area (Å²) in [5.74, 6) is -0.340. The van der Waals surface area contributed by atoms with Gasteiger partial charge in [0.1, 0.15) is 9.88 Å². The highest BCUT2D eigenvalue weighted by molar-refractivity contribution is 7.17. The molecule has 1 aromatic carbocycles. The van der Waals surface area contributed by atoms with Gasteiger partial charge in [-0.3, -0.25) is 0 Å². The van der Waals surface area contributed by atoms with Crippen LogP contribution in [0.15, 0.2) is 24.3 Å². The molecule has 1 aromatic heterocycles. The third kappa shape index (κ3) is 3.02. The minimum absolute atomic E-state index is 0.218. The van der Waals surface area contributed by atoms with Crippen molar-refractivity contribution < 1.29 is 9.53 Å². The number of hydrogen-bond acceptors (Lipinski definition) is 4. The Hall–Kier alpha value is -1.39. The van der Waals surface area contributed by atoms with Crippen molar-refractivity contribution in [2.24, 2.45) is 0 Å². The lowest BCUT2D eigenvalue weighted by molar-refractivity contribution is 0.0603. The van der Waals surface area contributed by atoms with Crippen LogP contribution < -0.4 is 0 Å². The molecule has 2 rings (SSSR count). The zero-order valence-corrected chi connectivity index (χ0v) is 13.4. The van der Waals surface area contributed by atoms with Crippen LogP contribution in [0.25, 0.3) is 10.6 Å². The average molecular weight is 310 g/mol. The maximum Gasteiger partial charge on any atom is 0.350 e. The average Bonchev–Trinajstić information content (AvgIpc) is 2.83. The summed E-state index contributed by atoms with van der Waals surface area (Å²) in [6, 6.07) is 7.42. The van der Waals surface area contributed by atoms with Gasteiger partial charge in [-0.15, -0.1) is 11.3 Å². The minimum Gasteiger partial charge on any atom is -0.465 e. The third-order valence-corrected chi connectivity index (χ3v) is 4.14. The Bertz CT molecular complexity index is 626. The van der Waals surface area contributed by atoms with Crippen LogP contribution in [0, 0.1) is 0 Å². The third-order valence-electron chi connectivity index (χ3n) is 2.80. The summed E-state index contributed by atoms with van der Waals surface area (Å²) < 4.78 is 4.85. The largest absolute Gasteiger partial charge is 0.465 e. The highest BCUT2D eigenvalue weighted by Gasteiger charge is 2.27. The lowest BCUT2D eigenvalue weighted by Crippen LogP contribution is -2.16. The lowest BCUT2D eigenvalue weighted by Gasteiger charge is -2.16. The number of aromatic nitrogens is 1. The number of carbonyl (C=O) groups is 1. The summed E-state index contributed by atoms with van der Waals surface area (Å²) in [6.45, 7) is 6.08. The van der Waals surface area contributed by atoms with Crippen molar-refractivity contribution in [3.8, 4) is 10.6 Å². The molecule has 2 aromatic rings. The maximum absolute atomic E-state index is 11.9. The summed E-state index contributed by atoms with van der Waals surface area (Å²) in [5, 5.41) is 1.47. The van der Waals surface area contributed by atoms with E-state index in [1.54, 1.807) is 0 Å². The first-order valence-corrected chi connectivity index (χ1v) is 7.38. The fourth-order valence-electron chi connectivity index (χ4n) is 1.78. The van der Waals surface area contributed by atoms with E-state index in [2.05, 4.69) is 4.98 Å². The number of halogens is 1. The number of esters is 1. The smallest absolute Gasteiger partial charge is 0.350 e. The molecule has 0 fully saturated rings. The zero-order chi connectivity index (χ0) is 14.9. The Morgan fingerprint density at radius 1 is 1.25 bits per heavy atom. The van der Waals surface area contributed by atoms with Gasteiger partial charge in [0.15, 0.2) is 0 Å². The van der Waals surface area contributed by atoms with Crippen LogP contribution in [-0.2, 0) is 10.2 Å². The first-order valence-electron chi connectivity index (χ1n) is 6.18. The van der Waals surface area contributed by atoms with Crippen LogP contribution in [0.5, 0.6) is 0 Å². The van der Waals surface area contributed by atoms with Gasteiger partial charge in [-0.1, -0.05) is 44.5 Å². The van der Waals surface area contributed by atoms with Crippen molar-refractivity contribution in [1.82, 2.24) is 4.98 Å². The SMILES string of the molecule is COC(=O)c1sc(-c2ccc(Cl)cc2)nc1C(C)(C)C. The number of methoxy groups -OCH3 is 1. The lowest BCUT2D eigenvalue weighted by atomic mass is 9.91. The van der Waals surface area contributed by atoms with Gasteiger partial charge in [-0.05, 0) is 12.1 Å². The summed E-state index contributed by atoms with van der Waals surface area (Å²) in [6.07, 6.45) is 0. The molecule has 0 atom stereocenters. The molecule has 0 bridgehead atoms. The molecule has 0 aliphatic heterocycles. The van der Waals surface area contributed by atoms with E-state index in [9.17, 15) is 4.79 Å². The van der Waals surface area contributed by atoms with Crippen molar-refractivity contribution in [2.75, 3.05) is 7.11 Å². The minimum atomic E-state index is -0.340. The zero-order valence-electron chi connectivity index (χ0n) is 11.9. The quantitative estimate of drug-likeness (QED) is 0.764. The monoisotopic (exact) mass is 309 g/mol. The normalized spacial score (nSPS) is 11.4. The Labute approximate surface area is 127 Å².